The molecule has 2 aromatic rings. The fourth-order valence-electron chi connectivity index (χ4n) is 5.92. The maximum atomic E-state index is 10.1. The van der Waals surface area contributed by atoms with Crippen LogP contribution in [0.1, 0.15) is 73.7 Å². The molecule has 0 saturated heterocycles. The number of aryl methyl sites for hydroxylation is 1. The lowest BCUT2D eigenvalue weighted by Gasteiger charge is -2.40. The summed E-state index contributed by atoms with van der Waals surface area (Å²) in [5, 5.41) is 11.6. The third-order valence-electron chi connectivity index (χ3n) is 7.21. The van der Waals surface area contributed by atoms with Crippen LogP contribution in [0.15, 0.2) is 18.2 Å². The maximum absolute atomic E-state index is 10.1. The number of aliphatic hydroxyl groups excluding tert-OH is 1. The van der Waals surface area contributed by atoms with Crippen LogP contribution in [0.25, 0.3) is 10.9 Å². The Labute approximate surface area is 167 Å². The van der Waals surface area contributed by atoms with E-state index < -0.39 is 6.10 Å². The summed E-state index contributed by atoms with van der Waals surface area (Å²) < 4.78 is 2.59. The molecule has 1 N–H and O–H groups in total. The number of nitrogens with zero attached hydrogens (tertiary/aromatic N) is 2. The Bertz CT molecular complexity index is 823. The van der Waals surface area contributed by atoms with Crippen LogP contribution < -0.4 is 0 Å². The normalized spacial score (nSPS) is 24.9. The second-order valence-electron chi connectivity index (χ2n) is 8.84. The molecule has 1 saturated carbocycles. The molecule has 0 spiro atoms. The van der Waals surface area contributed by atoms with E-state index in [1.165, 1.54) is 68.0 Å². The van der Waals surface area contributed by atoms with E-state index in [4.69, 9.17) is 11.6 Å². The lowest BCUT2D eigenvalue weighted by molar-refractivity contribution is 0.0746. The van der Waals surface area contributed by atoms with Gasteiger partial charge in [0.15, 0.2) is 0 Å². The highest BCUT2D eigenvalue weighted by Crippen LogP contribution is 2.44. The monoisotopic (exact) mass is 386 g/mol. The first-order chi connectivity index (χ1) is 13.3. The van der Waals surface area contributed by atoms with Crippen LogP contribution in [0.5, 0.6) is 0 Å². The van der Waals surface area contributed by atoms with E-state index in [2.05, 4.69) is 27.7 Å². The number of aliphatic hydroxyl groups is 1. The van der Waals surface area contributed by atoms with Crippen molar-refractivity contribution in [3.63, 3.8) is 0 Å². The molecule has 3 aliphatic rings. The Morgan fingerprint density at radius 1 is 1.07 bits per heavy atom. The van der Waals surface area contributed by atoms with Crippen LogP contribution in [0.3, 0.4) is 0 Å². The van der Waals surface area contributed by atoms with Gasteiger partial charge in [-0.3, -0.25) is 4.90 Å². The van der Waals surface area contributed by atoms with Gasteiger partial charge in [0.25, 0.3) is 0 Å². The number of hydrogen-bond donors (Lipinski definition) is 1. The molecule has 0 bridgehead atoms. The molecule has 1 aliphatic heterocycles. The number of hydrogen-bond acceptors (Lipinski definition) is 2. The summed E-state index contributed by atoms with van der Waals surface area (Å²) in [4.78, 5) is 2.48. The number of benzene rings is 1. The van der Waals surface area contributed by atoms with Crippen molar-refractivity contribution in [2.45, 2.75) is 76.0 Å². The van der Waals surface area contributed by atoms with Gasteiger partial charge in [0.1, 0.15) is 0 Å². The molecule has 2 heterocycles. The van der Waals surface area contributed by atoms with Gasteiger partial charge in [0, 0.05) is 42.1 Å². The Balaban J connectivity index is 1.54. The van der Waals surface area contributed by atoms with E-state index in [9.17, 15) is 5.11 Å². The van der Waals surface area contributed by atoms with E-state index in [0.717, 1.165) is 19.0 Å². The van der Waals surface area contributed by atoms with Gasteiger partial charge < -0.3 is 9.67 Å². The molecule has 1 fully saturated rings. The lowest BCUT2D eigenvalue weighted by Crippen LogP contribution is -2.43. The summed E-state index contributed by atoms with van der Waals surface area (Å²) in [5.74, 6) is 1.09. The first-order valence-corrected chi connectivity index (χ1v) is 11.4. The van der Waals surface area contributed by atoms with Gasteiger partial charge in [-0.15, -0.1) is 11.6 Å². The van der Waals surface area contributed by atoms with Gasteiger partial charge in [-0.1, -0.05) is 25.3 Å². The quantitative estimate of drug-likeness (QED) is 0.750. The van der Waals surface area contributed by atoms with Gasteiger partial charge in [0.05, 0.1) is 12.1 Å². The van der Waals surface area contributed by atoms with Crippen LogP contribution in [-0.2, 0) is 13.0 Å². The number of rotatable bonds is 4. The SMILES string of the molecule is O[C@@H](CCl)CN1CCn2c3c(c4cc(C5CCCCC5)ccc42)CCC[C@@H]31. The van der Waals surface area contributed by atoms with Crippen molar-refractivity contribution < 1.29 is 5.11 Å². The largest absolute Gasteiger partial charge is 0.391 e. The van der Waals surface area contributed by atoms with E-state index >= 15 is 0 Å². The molecule has 1 aromatic heterocycles. The van der Waals surface area contributed by atoms with E-state index in [1.54, 1.807) is 11.1 Å². The average molecular weight is 387 g/mol. The van der Waals surface area contributed by atoms with Crippen molar-refractivity contribution in [1.82, 2.24) is 9.47 Å². The Kier molecular flexibility index (Phi) is 4.95. The third kappa shape index (κ3) is 3.12. The van der Waals surface area contributed by atoms with Crippen LogP contribution in [0, 0.1) is 0 Å². The summed E-state index contributed by atoms with van der Waals surface area (Å²) >= 11 is 5.88. The number of halogens is 1. The highest BCUT2D eigenvalue weighted by molar-refractivity contribution is 6.18. The van der Waals surface area contributed by atoms with E-state index in [1.807, 2.05) is 0 Å². The maximum Gasteiger partial charge on any atom is 0.0802 e. The second kappa shape index (κ2) is 7.42. The van der Waals surface area contributed by atoms with Crippen molar-refractivity contribution in [1.29, 1.82) is 0 Å². The zero-order valence-electron chi connectivity index (χ0n) is 16.2. The minimum Gasteiger partial charge on any atom is -0.391 e. The fraction of sp³-hybridized carbons (Fsp3) is 0.652. The molecule has 1 aromatic carbocycles. The summed E-state index contributed by atoms with van der Waals surface area (Å²) in [6.07, 6.45) is 10.1. The molecule has 4 heteroatoms. The molecular formula is C23H31ClN2O. The fourth-order valence-corrected chi connectivity index (χ4v) is 6.02. The van der Waals surface area contributed by atoms with Gasteiger partial charge >= 0.3 is 0 Å². The summed E-state index contributed by atoms with van der Waals surface area (Å²) in [7, 11) is 0. The number of β-amino-alcohol motifs (C(OH)–C–C–N with tert-alkyl or cyclic N) is 1. The smallest absolute Gasteiger partial charge is 0.0802 e. The summed E-state index contributed by atoms with van der Waals surface area (Å²) in [6, 6.07) is 7.79. The van der Waals surface area contributed by atoms with Crippen molar-refractivity contribution in [3.8, 4) is 0 Å². The molecule has 2 aliphatic carbocycles. The highest BCUT2D eigenvalue weighted by atomic mass is 35.5. The lowest BCUT2D eigenvalue weighted by atomic mass is 9.83. The predicted molar refractivity (Wildman–Crippen MR) is 112 cm³/mol. The minimum atomic E-state index is -0.425. The number of aromatic nitrogens is 1. The van der Waals surface area contributed by atoms with Crippen molar-refractivity contribution in [3.05, 3.63) is 35.0 Å². The first-order valence-electron chi connectivity index (χ1n) is 10.9. The topological polar surface area (TPSA) is 28.4 Å². The standard InChI is InChI=1S/C23H31ClN2O/c24-14-18(27)15-25-11-12-26-21-10-9-17(16-5-2-1-3-6-16)13-20(21)19-7-4-8-22(25)23(19)26/h9-10,13,16,18,22,27H,1-8,11-12,14-15H2/t18-,22-/m0/s1. The summed E-state index contributed by atoms with van der Waals surface area (Å²) in [6.45, 7) is 2.74. The van der Waals surface area contributed by atoms with Crippen molar-refractivity contribution in [2.24, 2.45) is 0 Å². The van der Waals surface area contributed by atoms with E-state index in [-0.39, 0.29) is 0 Å². The Morgan fingerprint density at radius 2 is 1.93 bits per heavy atom. The van der Waals surface area contributed by atoms with Gasteiger partial charge in [0.2, 0.25) is 0 Å². The molecular weight excluding hydrogens is 356 g/mol. The van der Waals surface area contributed by atoms with E-state index in [0.29, 0.717) is 18.5 Å². The molecule has 3 nitrogen and oxygen atoms in total. The molecule has 27 heavy (non-hydrogen) atoms. The van der Waals surface area contributed by atoms with Gasteiger partial charge in [-0.05, 0) is 61.3 Å². The molecule has 0 radical (unpaired) electrons. The van der Waals surface area contributed by atoms with Gasteiger partial charge in [-0.25, -0.2) is 0 Å². The minimum absolute atomic E-state index is 0.323. The Hall–Kier alpha value is -1.03. The third-order valence-corrected chi connectivity index (χ3v) is 7.56. The van der Waals surface area contributed by atoms with Crippen LogP contribution in [0.4, 0.5) is 0 Å². The zero-order valence-corrected chi connectivity index (χ0v) is 16.9. The average Bonchev–Trinajstić information content (AvgIpc) is 3.05. The number of fused-ring (bicyclic) bond motifs is 3. The number of alkyl halides is 1. The summed E-state index contributed by atoms with van der Waals surface area (Å²) in [5.41, 5.74) is 6.12. The predicted octanol–water partition coefficient (Wildman–Crippen LogP) is 4.98. The molecule has 5 rings (SSSR count). The zero-order chi connectivity index (χ0) is 18.4. The molecule has 0 amide bonds. The molecule has 2 atom stereocenters. The second-order valence-corrected chi connectivity index (χ2v) is 9.15. The van der Waals surface area contributed by atoms with Crippen LogP contribution in [0.2, 0.25) is 0 Å². The highest BCUT2D eigenvalue weighted by Gasteiger charge is 2.35. The van der Waals surface area contributed by atoms with Crippen LogP contribution >= 0.6 is 11.6 Å². The molecule has 0 unspecified atom stereocenters. The Morgan fingerprint density at radius 3 is 2.74 bits per heavy atom. The first kappa shape index (κ1) is 18.0. The van der Waals surface area contributed by atoms with Crippen LogP contribution in [-0.4, -0.2) is 39.6 Å². The van der Waals surface area contributed by atoms with Crippen molar-refractivity contribution in [2.75, 3.05) is 19.0 Å². The van der Waals surface area contributed by atoms with Gasteiger partial charge in [-0.2, -0.15) is 0 Å². The molecule has 146 valence electrons. The van der Waals surface area contributed by atoms with Crippen molar-refractivity contribution >= 4 is 22.5 Å².